The van der Waals surface area contributed by atoms with Crippen LogP contribution in [0.1, 0.15) is 26.7 Å². The summed E-state index contributed by atoms with van der Waals surface area (Å²) in [6.45, 7) is 4.88. The molecule has 4 nitrogen and oxygen atoms in total. The standard InChI is InChI=1S/C10H17NO3S/c1-4-5-6-11-7(2)8(9(12)13-3)14-10(11)15/h7-8H,4-6H2,1-3H3/t7-,8-/m0/s1. The molecule has 0 bridgehead atoms. The highest BCUT2D eigenvalue weighted by molar-refractivity contribution is 7.80. The Morgan fingerprint density at radius 2 is 2.33 bits per heavy atom. The number of hydrogen-bond donors (Lipinski definition) is 0. The SMILES string of the molecule is CCCCN1C(=S)O[C@H](C(=O)OC)[C@@H]1C. The van der Waals surface area contributed by atoms with E-state index in [2.05, 4.69) is 11.7 Å². The van der Waals surface area contributed by atoms with E-state index in [1.54, 1.807) is 0 Å². The van der Waals surface area contributed by atoms with Crippen LogP contribution >= 0.6 is 12.2 Å². The minimum atomic E-state index is -0.570. The summed E-state index contributed by atoms with van der Waals surface area (Å²) in [4.78, 5) is 13.3. The number of unbranched alkanes of at least 4 members (excludes halogenated alkanes) is 1. The van der Waals surface area contributed by atoms with Crippen LogP contribution < -0.4 is 0 Å². The second-order valence-corrected chi connectivity index (χ2v) is 3.96. The second-order valence-electron chi connectivity index (χ2n) is 3.62. The Morgan fingerprint density at radius 1 is 1.67 bits per heavy atom. The molecule has 86 valence electrons. The molecule has 15 heavy (non-hydrogen) atoms. The Hall–Kier alpha value is -0.840. The number of carbonyl (C=O) groups is 1. The predicted octanol–water partition coefficient (Wildman–Crippen LogP) is 1.33. The van der Waals surface area contributed by atoms with E-state index in [0.29, 0.717) is 5.17 Å². The summed E-state index contributed by atoms with van der Waals surface area (Å²) in [5.74, 6) is -0.358. The van der Waals surface area contributed by atoms with Crippen molar-refractivity contribution in [2.75, 3.05) is 13.7 Å². The molecule has 0 aromatic heterocycles. The number of hydrogen-bond acceptors (Lipinski definition) is 4. The maximum absolute atomic E-state index is 11.4. The number of ether oxygens (including phenoxy) is 2. The van der Waals surface area contributed by atoms with Crippen molar-refractivity contribution in [3.05, 3.63) is 0 Å². The Labute approximate surface area is 95.5 Å². The molecule has 2 atom stereocenters. The predicted molar refractivity (Wildman–Crippen MR) is 60.6 cm³/mol. The molecule has 1 aliphatic rings. The number of carbonyl (C=O) groups excluding carboxylic acids is 1. The van der Waals surface area contributed by atoms with Crippen LogP contribution in [0.2, 0.25) is 0 Å². The van der Waals surface area contributed by atoms with Gasteiger partial charge in [0.25, 0.3) is 5.17 Å². The lowest BCUT2D eigenvalue weighted by molar-refractivity contribution is -0.149. The van der Waals surface area contributed by atoms with Crippen LogP contribution in [0.4, 0.5) is 0 Å². The van der Waals surface area contributed by atoms with Crippen molar-refractivity contribution in [3.63, 3.8) is 0 Å². The van der Waals surface area contributed by atoms with Gasteiger partial charge in [-0.2, -0.15) is 0 Å². The summed E-state index contributed by atoms with van der Waals surface area (Å²) in [5, 5.41) is 0.409. The maximum Gasteiger partial charge on any atom is 0.349 e. The van der Waals surface area contributed by atoms with Gasteiger partial charge in [-0.25, -0.2) is 4.79 Å². The van der Waals surface area contributed by atoms with Gasteiger partial charge in [0.15, 0.2) is 0 Å². The molecule has 1 saturated heterocycles. The van der Waals surface area contributed by atoms with E-state index in [0.717, 1.165) is 19.4 Å². The van der Waals surface area contributed by atoms with E-state index < -0.39 is 6.10 Å². The molecule has 5 heteroatoms. The van der Waals surface area contributed by atoms with Gasteiger partial charge in [-0.05, 0) is 25.6 Å². The van der Waals surface area contributed by atoms with Crippen LogP contribution in [-0.2, 0) is 14.3 Å². The summed E-state index contributed by atoms with van der Waals surface area (Å²) in [5.41, 5.74) is 0. The van der Waals surface area contributed by atoms with Crippen molar-refractivity contribution >= 4 is 23.4 Å². The first-order valence-electron chi connectivity index (χ1n) is 5.16. The molecular formula is C10H17NO3S. The van der Waals surface area contributed by atoms with Gasteiger partial charge in [-0.1, -0.05) is 13.3 Å². The van der Waals surface area contributed by atoms with Crippen molar-refractivity contribution in [3.8, 4) is 0 Å². The van der Waals surface area contributed by atoms with Gasteiger partial charge in [0.1, 0.15) is 0 Å². The van der Waals surface area contributed by atoms with E-state index in [1.807, 2.05) is 11.8 Å². The quantitative estimate of drug-likeness (QED) is 0.539. The van der Waals surface area contributed by atoms with Crippen LogP contribution in [0.3, 0.4) is 0 Å². The first kappa shape index (κ1) is 12.2. The summed E-state index contributed by atoms with van der Waals surface area (Å²) in [7, 11) is 1.36. The van der Waals surface area contributed by atoms with Gasteiger partial charge in [0, 0.05) is 6.54 Å². The Kier molecular flexibility index (Phi) is 4.32. The molecule has 0 aliphatic carbocycles. The van der Waals surface area contributed by atoms with Crippen LogP contribution in [0, 0.1) is 0 Å². The van der Waals surface area contributed by atoms with Crippen molar-refractivity contribution in [1.29, 1.82) is 0 Å². The van der Waals surface area contributed by atoms with Crippen LogP contribution in [-0.4, -0.2) is 41.8 Å². The zero-order chi connectivity index (χ0) is 11.4. The average molecular weight is 231 g/mol. The Bertz CT molecular complexity index is 257. The minimum absolute atomic E-state index is 0.0310. The molecule has 1 fully saturated rings. The molecule has 1 aliphatic heterocycles. The van der Waals surface area contributed by atoms with Gasteiger partial charge >= 0.3 is 5.97 Å². The molecule has 0 aromatic carbocycles. The number of nitrogens with zero attached hydrogens (tertiary/aromatic N) is 1. The van der Waals surface area contributed by atoms with E-state index >= 15 is 0 Å². The number of thiocarbonyl (C=S) groups is 1. The molecule has 0 saturated carbocycles. The normalized spacial score (nSPS) is 25.3. The largest absolute Gasteiger partial charge is 0.466 e. The molecule has 0 radical (unpaired) electrons. The first-order chi connectivity index (χ1) is 7.11. The molecule has 1 rings (SSSR count). The number of rotatable bonds is 4. The zero-order valence-electron chi connectivity index (χ0n) is 9.36. The molecule has 1 heterocycles. The number of esters is 1. The highest BCUT2D eigenvalue weighted by Gasteiger charge is 2.41. The third-order valence-corrected chi connectivity index (χ3v) is 2.91. The third-order valence-electron chi connectivity index (χ3n) is 2.58. The van der Waals surface area contributed by atoms with Crippen molar-refractivity contribution in [1.82, 2.24) is 4.90 Å². The topological polar surface area (TPSA) is 38.8 Å². The van der Waals surface area contributed by atoms with Crippen molar-refractivity contribution in [2.24, 2.45) is 0 Å². The fourth-order valence-corrected chi connectivity index (χ4v) is 1.95. The van der Waals surface area contributed by atoms with E-state index in [4.69, 9.17) is 17.0 Å². The van der Waals surface area contributed by atoms with E-state index in [-0.39, 0.29) is 12.0 Å². The molecule has 0 N–H and O–H groups in total. The van der Waals surface area contributed by atoms with Gasteiger partial charge < -0.3 is 14.4 Å². The molecule has 0 aromatic rings. The van der Waals surface area contributed by atoms with Gasteiger partial charge in [0.05, 0.1) is 13.2 Å². The lowest BCUT2D eigenvalue weighted by Crippen LogP contribution is -2.38. The van der Waals surface area contributed by atoms with Gasteiger partial charge in [-0.3, -0.25) is 0 Å². The fraction of sp³-hybridized carbons (Fsp3) is 0.800. The fourth-order valence-electron chi connectivity index (χ4n) is 1.59. The molecular weight excluding hydrogens is 214 g/mol. The van der Waals surface area contributed by atoms with E-state index in [9.17, 15) is 4.79 Å². The summed E-state index contributed by atoms with van der Waals surface area (Å²) < 4.78 is 9.97. The zero-order valence-corrected chi connectivity index (χ0v) is 10.2. The maximum atomic E-state index is 11.4. The Balaban J connectivity index is 2.61. The summed E-state index contributed by atoms with van der Waals surface area (Å²) in [6.07, 6.45) is 1.57. The molecule has 0 spiro atoms. The first-order valence-corrected chi connectivity index (χ1v) is 5.57. The average Bonchev–Trinajstić information content (AvgIpc) is 2.51. The van der Waals surface area contributed by atoms with Gasteiger partial charge in [0.2, 0.25) is 6.10 Å². The molecule has 0 amide bonds. The highest BCUT2D eigenvalue weighted by atomic mass is 32.1. The van der Waals surface area contributed by atoms with Crippen LogP contribution in [0.15, 0.2) is 0 Å². The highest BCUT2D eigenvalue weighted by Crippen LogP contribution is 2.20. The van der Waals surface area contributed by atoms with Crippen molar-refractivity contribution in [2.45, 2.75) is 38.8 Å². The van der Waals surface area contributed by atoms with Gasteiger partial charge in [-0.15, -0.1) is 0 Å². The monoisotopic (exact) mass is 231 g/mol. The van der Waals surface area contributed by atoms with Crippen LogP contribution in [0.25, 0.3) is 0 Å². The smallest absolute Gasteiger partial charge is 0.349 e. The Morgan fingerprint density at radius 3 is 2.87 bits per heavy atom. The lowest BCUT2D eigenvalue weighted by atomic mass is 10.1. The second kappa shape index (κ2) is 5.30. The number of methoxy groups -OCH3 is 1. The van der Waals surface area contributed by atoms with Crippen LogP contribution in [0.5, 0.6) is 0 Å². The minimum Gasteiger partial charge on any atom is -0.466 e. The molecule has 0 unspecified atom stereocenters. The summed E-state index contributed by atoms with van der Waals surface area (Å²) in [6, 6.07) is -0.0310. The lowest BCUT2D eigenvalue weighted by Gasteiger charge is -2.20. The van der Waals surface area contributed by atoms with Crippen molar-refractivity contribution < 1.29 is 14.3 Å². The van der Waals surface area contributed by atoms with E-state index in [1.165, 1.54) is 7.11 Å². The summed E-state index contributed by atoms with van der Waals surface area (Å²) >= 11 is 5.07. The third kappa shape index (κ3) is 2.59.